The third-order valence-electron chi connectivity index (χ3n) is 4.85. The molecule has 5 nitrogen and oxygen atoms in total. The van der Waals surface area contributed by atoms with E-state index in [9.17, 15) is 9.90 Å². The van der Waals surface area contributed by atoms with Crippen molar-refractivity contribution in [1.29, 1.82) is 0 Å². The maximum atomic E-state index is 12.3. The molecule has 1 atom stereocenters. The first-order valence-corrected chi connectivity index (χ1v) is 11.4. The summed E-state index contributed by atoms with van der Waals surface area (Å²) in [5.74, 6) is 2.50. The Morgan fingerprint density at radius 2 is 1.93 bits per heavy atom. The number of aromatic nitrogens is 1. The molecule has 0 spiro atoms. The normalized spacial score (nSPS) is 12.0. The molecule has 0 fully saturated rings. The number of carbonyl (C=O) groups is 1. The van der Waals surface area contributed by atoms with Gasteiger partial charge in [-0.05, 0) is 43.2 Å². The average Bonchev–Trinajstić information content (AvgIpc) is 3.10. The van der Waals surface area contributed by atoms with Crippen molar-refractivity contribution in [3.8, 4) is 11.3 Å². The number of thioether (sulfide) groups is 1. The summed E-state index contributed by atoms with van der Waals surface area (Å²) >= 11 is 8.23. The molecule has 1 aromatic heterocycles. The molecule has 158 valence electrons. The maximum Gasteiger partial charge on any atom is 0.412 e. The van der Waals surface area contributed by atoms with E-state index in [0.717, 1.165) is 29.1 Å². The van der Waals surface area contributed by atoms with Gasteiger partial charge in [0.2, 0.25) is 0 Å². The first-order valence-electron chi connectivity index (χ1n) is 9.84. The van der Waals surface area contributed by atoms with Crippen molar-refractivity contribution in [3.63, 3.8) is 0 Å². The van der Waals surface area contributed by atoms with Gasteiger partial charge >= 0.3 is 6.09 Å². The minimum atomic E-state index is -1.09. The van der Waals surface area contributed by atoms with Crippen LogP contribution in [0.4, 0.5) is 10.5 Å². The number of anilines is 1. The summed E-state index contributed by atoms with van der Waals surface area (Å²) in [5.41, 5.74) is 3.66. The van der Waals surface area contributed by atoms with Crippen LogP contribution in [0.2, 0.25) is 5.02 Å². The first kappa shape index (κ1) is 22.2. The number of aryl methyl sites for hydroxylation is 1. The van der Waals surface area contributed by atoms with E-state index in [0.29, 0.717) is 22.2 Å². The lowest BCUT2D eigenvalue weighted by Crippen LogP contribution is -2.33. The number of hydrogen-bond donors (Lipinski definition) is 1. The van der Waals surface area contributed by atoms with Crippen LogP contribution in [0.25, 0.3) is 11.3 Å². The van der Waals surface area contributed by atoms with E-state index in [2.05, 4.69) is 12.1 Å². The molecule has 0 saturated heterocycles. The molecule has 1 heterocycles. The van der Waals surface area contributed by atoms with Gasteiger partial charge in [0.1, 0.15) is 11.4 Å². The van der Waals surface area contributed by atoms with Crippen LogP contribution >= 0.6 is 23.4 Å². The predicted molar refractivity (Wildman–Crippen MR) is 123 cm³/mol. The highest BCUT2D eigenvalue weighted by atomic mass is 35.5. The Hall–Kier alpha value is -2.44. The lowest BCUT2D eigenvalue weighted by molar-refractivity contribution is 0.199. The second-order valence-corrected chi connectivity index (χ2v) is 8.56. The van der Waals surface area contributed by atoms with E-state index in [-0.39, 0.29) is 0 Å². The van der Waals surface area contributed by atoms with Crippen molar-refractivity contribution < 1.29 is 14.4 Å². The number of rotatable bonds is 8. The van der Waals surface area contributed by atoms with E-state index in [1.807, 2.05) is 54.2 Å². The first-order chi connectivity index (χ1) is 14.4. The van der Waals surface area contributed by atoms with Crippen LogP contribution in [-0.2, 0) is 5.75 Å². The zero-order chi connectivity index (χ0) is 21.7. The molecule has 1 N–H and O–H groups in total. The van der Waals surface area contributed by atoms with Gasteiger partial charge in [0, 0.05) is 16.3 Å². The van der Waals surface area contributed by atoms with E-state index >= 15 is 0 Å². The highest BCUT2D eigenvalue weighted by Gasteiger charge is 2.31. The molecule has 0 radical (unpaired) electrons. The lowest BCUT2D eigenvalue weighted by Gasteiger charge is -2.27. The lowest BCUT2D eigenvalue weighted by atomic mass is 10.0. The quantitative estimate of drug-likeness (QED) is 0.372. The zero-order valence-electron chi connectivity index (χ0n) is 17.3. The van der Waals surface area contributed by atoms with Crippen molar-refractivity contribution in [2.24, 2.45) is 0 Å². The number of halogens is 1. The average molecular weight is 445 g/mol. The molecular weight excluding hydrogens is 420 g/mol. The fourth-order valence-corrected chi connectivity index (χ4v) is 4.49. The van der Waals surface area contributed by atoms with Gasteiger partial charge in [0.15, 0.2) is 5.76 Å². The highest BCUT2D eigenvalue weighted by Crippen LogP contribution is 2.39. The van der Waals surface area contributed by atoms with Gasteiger partial charge in [-0.2, -0.15) is 11.8 Å². The van der Waals surface area contributed by atoms with Crippen molar-refractivity contribution in [1.82, 2.24) is 5.16 Å². The molecule has 3 rings (SSSR count). The minimum absolute atomic E-state index is 0.432. The molecule has 30 heavy (non-hydrogen) atoms. The molecule has 3 aromatic rings. The van der Waals surface area contributed by atoms with Crippen molar-refractivity contribution >= 4 is 35.1 Å². The summed E-state index contributed by atoms with van der Waals surface area (Å²) in [4.78, 5) is 13.5. The molecule has 0 bridgehead atoms. The zero-order valence-corrected chi connectivity index (χ0v) is 18.8. The van der Waals surface area contributed by atoms with Gasteiger partial charge in [-0.25, -0.2) is 4.79 Å². The summed E-state index contributed by atoms with van der Waals surface area (Å²) < 4.78 is 5.57. The molecule has 7 heteroatoms. The molecule has 0 saturated carbocycles. The van der Waals surface area contributed by atoms with Crippen molar-refractivity contribution in [2.45, 2.75) is 39.0 Å². The minimum Gasteiger partial charge on any atom is -0.465 e. The number of amides is 1. The van der Waals surface area contributed by atoms with Crippen LogP contribution in [0.1, 0.15) is 43.1 Å². The van der Waals surface area contributed by atoms with Crippen LogP contribution in [0, 0.1) is 6.92 Å². The van der Waals surface area contributed by atoms with E-state index in [1.54, 1.807) is 19.9 Å². The van der Waals surface area contributed by atoms with Crippen LogP contribution in [-0.4, -0.2) is 22.1 Å². The summed E-state index contributed by atoms with van der Waals surface area (Å²) in [6.45, 7) is 5.72. The van der Waals surface area contributed by atoms with E-state index in [4.69, 9.17) is 16.1 Å². The summed E-state index contributed by atoms with van der Waals surface area (Å²) in [7, 11) is 0. The molecule has 1 unspecified atom stereocenters. The maximum absolute atomic E-state index is 12.3. The van der Waals surface area contributed by atoms with Crippen LogP contribution in [0.15, 0.2) is 53.1 Å². The van der Waals surface area contributed by atoms with Gasteiger partial charge in [-0.3, -0.25) is 4.90 Å². The van der Waals surface area contributed by atoms with Gasteiger partial charge in [0.05, 0.1) is 6.04 Å². The van der Waals surface area contributed by atoms with Gasteiger partial charge in [-0.1, -0.05) is 66.1 Å². The second-order valence-electron chi connectivity index (χ2n) is 7.05. The van der Waals surface area contributed by atoms with E-state index in [1.165, 1.54) is 10.5 Å². The molecular formula is C23H25ClN2O3S. The number of benzene rings is 2. The highest BCUT2D eigenvalue weighted by molar-refractivity contribution is 7.98. The van der Waals surface area contributed by atoms with Crippen molar-refractivity contribution in [3.05, 3.63) is 70.4 Å². The molecule has 0 aliphatic heterocycles. The summed E-state index contributed by atoms with van der Waals surface area (Å²) in [5, 5.41) is 14.6. The molecule has 0 aliphatic carbocycles. The Labute approximate surface area is 186 Å². The van der Waals surface area contributed by atoms with Gasteiger partial charge in [0.25, 0.3) is 0 Å². The predicted octanol–water partition coefficient (Wildman–Crippen LogP) is 7.19. The Morgan fingerprint density at radius 1 is 1.23 bits per heavy atom. The number of nitrogens with zero attached hydrogens (tertiary/aromatic N) is 2. The molecule has 0 aliphatic rings. The third kappa shape index (κ3) is 4.82. The Kier molecular flexibility index (Phi) is 7.45. The van der Waals surface area contributed by atoms with E-state index < -0.39 is 12.1 Å². The topological polar surface area (TPSA) is 66.6 Å². The summed E-state index contributed by atoms with van der Waals surface area (Å²) in [6, 6.07) is 14.7. The standard InChI is InChI=1S/C23H25ClN2O3S/c1-4-13-30-14-17-9-11-18(12-10-17)22-21(15(2)25-29-22)26(23(27)28)16(3)19-7-5-6-8-20(19)24/h5-12,16H,4,13-14H2,1-3H3,(H,27,28). The largest absolute Gasteiger partial charge is 0.465 e. The number of hydrogen-bond acceptors (Lipinski definition) is 4. The SMILES string of the molecule is CCCSCc1ccc(-c2onc(C)c2N(C(=O)O)C(C)c2ccccc2Cl)cc1. The van der Waals surface area contributed by atoms with Crippen molar-refractivity contribution in [2.75, 3.05) is 10.7 Å². The second kappa shape index (κ2) is 10.0. The summed E-state index contributed by atoms with van der Waals surface area (Å²) in [6.07, 6.45) is 0.0560. The molecule has 2 aromatic carbocycles. The fraction of sp³-hybridized carbons (Fsp3) is 0.304. The monoisotopic (exact) mass is 444 g/mol. The Balaban J connectivity index is 1.97. The van der Waals surface area contributed by atoms with Crippen LogP contribution in [0.3, 0.4) is 0 Å². The molecule has 1 amide bonds. The van der Waals surface area contributed by atoms with Gasteiger partial charge in [-0.15, -0.1) is 0 Å². The third-order valence-corrected chi connectivity index (χ3v) is 6.43. The Bertz CT molecular complexity index is 1000. The van der Waals surface area contributed by atoms with Gasteiger partial charge < -0.3 is 9.63 Å². The number of carboxylic acid groups (broad SMARTS) is 1. The van der Waals surface area contributed by atoms with Crippen LogP contribution in [0.5, 0.6) is 0 Å². The Morgan fingerprint density at radius 3 is 2.57 bits per heavy atom. The smallest absolute Gasteiger partial charge is 0.412 e. The van der Waals surface area contributed by atoms with Crippen LogP contribution < -0.4 is 4.90 Å². The fourth-order valence-electron chi connectivity index (χ4n) is 3.33.